The van der Waals surface area contributed by atoms with Crippen molar-refractivity contribution in [3.63, 3.8) is 0 Å². The molecule has 144 valence electrons. The van der Waals surface area contributed by atoms with E-state index in [1.165, 1.54) is 4.57 Å². The van der Waals surface area contributed by atoms with Gasteiger partial charge in [-0.1, -0.05) is 0 Å². The van der Waals surface area contributed by atoms with Crippen LogP contribution >= 0.6 is 0 Å². The number of primary amides is 1. The number of nitrogens with one attached hydrogen (secondary N) is 2. The lowest BCUT2D eigenvalue weighted by Gasteiger charge is -2.17. The Hall–Kier alpha value is -2.94. The summed E-state index contributed by atoms with van der Waals surface area (Å²) in [5.41, 5.74) is 8.16. The second-order valence-electron chi connectivity index (χ2n) is 6.76. The van der Waals surface area contributed by atoms with E-state index in [9.17, 15) is 14.4 Å². The maximum absolute atomic E-state index is 12.4. The summed E-state index contributed by atoms with van der Waals surface area (Å²) in [4.78, 5) is 36.3. The van der Waals surface area contributed by atoms with Crippen molar-refractivity contribution in [2.24, 2.45) is 12.8 Å². The first kappa shape index (κ1) is 18.8. The Bertz CT molecular complexity index is 949. The van der Waals surface area contributed by atoms with Gasteiger partial charge in [-0.15, -0.1) is 0 Å². The van der Waals surface area contributed by atoms with Crippen LogP contribution in [0, 0.1) is 13.8 Å². The summed E-state index contributed by atoms with van der Waals surface area (Å²) in [5, 5.41) is 10.6. The molecule has 2 amide bonds. The van der Waals surface area contributed by atoms with Gasteiger partial charge in [0, 0.05) is 38.7 Å². The van der Waals surface area contributed by atoms with Gasteiger partial charge in [0.1, 0.15) is 5.56 Å². The first-order valence-electron chi connectivity index (χ1n) is 8.85. The molecule has 0 spiro atoms. The van der Waals surface area contributed by atoms with Crippen molar-refractivity contribution in [1.29, 1.82) is 0 Å². The smallest absolute Gasteiger partial charge is 0.263 e. The van der Waals surface area contributed by atoms with E-state index < -0.39 is 11.5 Å². The van der Waals surface area contributed by atoms with Crippen LogP contribution < -0.4 is 21.9 Å². The van der Waals surface area contributed by atoms with E-state index >= 15 is 0 Å². The molecule has 0 aromatic carbocycles. The molecule has 0 radical (unpaired) electrons. The van der Waals surface area contributed by atoms with Crippen molar-refractivity contribution in [2.45, 2.75) is 39.8 Å². The lowest BCUT2D eigenvalue weighted by molar-refractivity contribution is -0.116. The zero-order chi connectivity index (χ0) is 19.7. The molecule has 4 N–H and O–H groups in total. The number of anilines is 1. The molecule has 0 aliphatic carbocycles. The standard InChI is InChI=1S/C18H24N6O3/c1-10-15(17(19)26)18(27)23(3)11(2)16(10)21-14(25)5-4-12-8-13-9-20-6-7-24(13)22-12/h8,20H,4-7,9H2,1-3H3,(H2,19,26)(H,21,25). The highest BCUT2D eigenvalue weighted by Crippen LogP contribution is 2.21. The van der Waals surface area contributed by atoms with E-state index in [2.05, 4.69) is 15.7 Å². The topological polar surface area (TPSA) is 124 Å². The van der Waals surface area contributed by atoms with Gasteiger partial charge in [0.05, 0.1) is 23.6 Å². The van der Waals surface area contributed by atoms with Crippen LogP contribution in [0.25, 0.3) is 0 Å². The number of aromatic nitrogens is 3. The van der Waals surface area contributed by atoms with Crippen LogP contribution in [0.5, 0.6) is 0 Å². The fourth-order valence-electron chi connectivity index (χ4n) is 3.34. The molecule has 2 aromatic heterocycles. The summed E-state index contributed by atoms with van der Waals surface area (Å²) in [6, 6.07) is 2.01. The minimum atomic E-state index is -0.805. The van der Waals surface area contributed by atoms with E-state index in [1.54, 1.807) is 20.9 Å². The predicted molar refractivity (Wildman–Crippen MR) is 101 cm³/mol. The molecule has 27 heavy (non-hydrogen) atoms. The molecule has 0 saturated heterocycles. The van der Waals surface area contributed by atoms with E-state index in [0.29, 0.717) is 23.4 Å². The van der Waals surface area contributed by atoms with Crippen molar-refractivity contribution < 1.29 is 9.59 Å². The van der Waals surface area contributed by atoms with Gasteiger partial charge >= 0.3 is 0 Å². The molecule has 0 bridgehead atoms. The van der Waals surface area contributed by atoms with Crippen LogP contribution in [0.4, 0.5) is 5.69 Å². The highest BCUT2D eigenvalue weighted by atomic mass is 16.2. The SMILES string of the molecule is Cc1c(NC(=O)CCc2cc3n(n2)CCNC3)c(C)n(C)c(=O)c1C(N)=O. The van der Waals surface area contributed by atoms with Crippen molar-refractivity contribution >= 4 is 17.5 Å². The van der Waals surface area contributed by atoms with Crippen LogP contribution in [0.1, 0.15) is 39.4 Å². The van der Waals surface area contributed by atoms with Gasteiger partial charge in [-0.25, -0.2) is 0 Å². The summed E-state index contributed by atoms with van der Waals surface area (Å²) in [5.74, 6) is -1.01. The Morgan fingerprint density at radius 2 is 2.11 bits per heavy atom. The third-order valence-electron chi connectivity index (χ3n) is 4.97. The largest absolute Gasteiger partial charge is 0.365 e. The molecular formula is C18H24N6O3. The van der Waals surface area contributed by atoms with Crippen LogP contribution in [-0.2, 0) is 31.4 Å². The molecule has 0 fully saturated rings. The second kappa shape index (κ2) is 7.36. The lowest BCUT2D eigenvalue weighted by atomic mass is 10.1. The van der Waals surface area contributed by atoms with Gasteiger partial charge in [0.15, 0.2) is 0 Å². The zero-order valence-corrected chi connectivity index (χ0v) is 15.8. The highest BCUT2D eigenvalue weighted by molar-refractivity contribution is 5.98. The third kappa shape index (κ3) is 3.63. The molecule has 0 atom stereocenters. The summed E-state index contributed by atoms with van der Waals surface area (Å²) in [6.07, 6.45) is 0.760. The fraction of sp³-hybridized carbons (Fsp3) is 0.444. The quantitative estimate of drug-likeness (QED) is 0.680. The predicted octanol–water partition coefficient (Wildman–Crippen LogP) is -0.0280. The average molecular weight is 372 g/mol. The monoisotopic (exact) mass is 372 g/mol. The van der Waals surface area contributed by atoms with E-state index in [-0.39, 0.29) is 17.9 Å². The minimum absolute atomic E-state index is 0.104. The Balaban J connectivity index is 1.75. The van der Waals surface area contributed by atoms with Gasteiger partial charge in [-0.2, -0.15) is 5.10 Å². The number of hydrogen-bond acceptors (Lipinski definition) is 5. The van der Waals surface area contributed by atoms with E-state index in [0.717, 1.165) is 31.0 Å². The van der Waals surface area contributed by atoms with Gasteiger partial charge in [0.25, 0.3) is 11.5 Å². The summed E-state index contributed by atoms with van der Waals surface area (Å²) >= 11 is 0. The Labute approximate surface area is 156 Å². The van der Waals surface area contributed by atoms with Crippen LogP contribution in [0.2, 0.25) is 0 Å². The zero-order valence-electron chi connectivity index (χ0n) is 15.8. The summed E-state index contributed by atoms with van der Waals surface area (Å²) in [6.45, 7) is 5.83. The van der Waals surface area contributed by atoms with Crippen LogP contribution in [0.3, 0.4) is 0 Å². The van der Waals surface area contributed by atoms with Crippen molar-refractivity contribution in [2.75, 3.05) is 11.9 Å². The highest BCUT2D eigenvalue weighted by Gasteiger charge is 2.20. The molecular weight excluding hydrogens is 348 g/mol. The number of carbonyl (C=O) groups is 2. The van der Waals surface area contributed by atoms with Gasteiger partial charge < -0.3 is 20.9 Å². The lowest BCUT2D eigenvalue weighted by Crippen LogP contribution is -2.32. The summed E-state index contributed by atoms with van der Waals surface area (Å²) in [7, 11) is 1.54. The molecule has 1 aliphatic heterocycles. The number of aryl methyl sites for hydroxylation is 1. The van der Waals surface area contributed by atoms with Gasteiger partial charge in [-0.05, 0) is 25.5 Å². The maximum Gasteiger partial charge on any atom is 0.263 e. The Morgan fingerprint density at radius 3 is 2.78 bits per heavy atom. The molecule has 0 saturated carbocycles. The number of fused-ring (bicyclic) bond motifs is 1. The first-order chi connectivity index (χ1) is 12.8. The summed E-state index contributed by atoms with van der Waals surface area (Å²) < 4.78 is 3.28. The number of nitrogens with two attached hydrogens (primary N) is 1. The minimum Gasteiger partial charge on any atom is -0.365 e. The second-order valence-corrected chi connectivity index (χ2v) is 6.76. The Kier molecular flexibility index (Phi) is 5.13. The molecule has 1 aliphatic rings. The number of hydrogen-bond donors (Lipinski definition) is 3. The van der Waals surface area contributed by atoms with E-state index in [1.807, 2.05) is 10.7 Å². The van der Waals surface area contributed by atoms with Crippen molar-refractivity contribution in [3.05, 3.63) is 44.6 Å². The molecule has 9 heteroatoms. The molecule has 0 unspecified atom stereocenters. The third-order valence-corrected chi connectivity index (χ3v) is 4.97. The number of rotatable bonds is 5. The number of nitrogens with zero attached hydrogens (tertiary/aromatic N) is 3. The molecule has 9 nitrogen and oxygen atoms in total. The van der Waals surface area contributed by atoms with Crippen molar-refractivity contribution in [1.82, 2.24) is 19.7 Å². The van der Waals surface area contributed by atoms with Crippen molar-refractivity contribution in [3.8, 4) is 0 Å². The van der Waals surface area contributed by atoms with Gasteiger partial charge in [0.2, 0.25) is 5.91 Å². The normalized spacial score (nSPS) is 13.3. The number of pyridine rings is 1. The van der Waals surface area contributed by atoms with Crippen LogP contribution in [-0.4, -0.2) is 32.7 Å². The van der Waals surface area contributed by atoms with E-state index in [4.69, 9.17) is 5.73 Å². The molecule has 3 heterocycles. The van der Waals surface area contributed by atoms with Crippen LogP contribution in [0.15, 0.2) is 10.9 Å². The fourth-order valence-corrected chi connectivity index (χ4v) is 3.34. The average Bonchev–Trinajstić information content (AvgIpc) is 3.04. The first-order valence-corrected chi connectivity index (χ1v) is 8.85. The maximum atomic E-state index is 12.4. The molecule has 2 aromatic rings. The number of amides is 2. The number of carbonyl (C=O) groups excluding carboxylic acids is 2. The Morgan fingerprint density at radius 1 is 1.37 bits per heavy atom. The van der Waals surface area contributed by atoms with Gasteiger partial charge in [-0.3, -0.25) is 19.1 Å². The molecule has 3 rings (SSSR count).